The minimum absolute atomic E-state index is 0.0811. The molecular weight excluding hydrogens is 284 g/mol. The van der Waals surface area contributed by atoms with E-state index in [9.17, 15) is 10.1 Å². The topological polar surface area (TPSA) is 115 Å². The van der Waals surface area contributed by atoms with Crippen molar-refractivity contribution in [3.05, 3.63) is 57.4 Å². The molecular formula is C12H9ClN4O3. The number of nitro benzene ring substituents is 1. The number of rotatable bonds is 4. The normalized spacial score (nSPS) is 10.1. The number of ether oxygens (including phenoxy) is 1. The van der Waals surface area contributed by atoms with E-state index in [4.69, 9.17) is 27.5 Å². The minimum Gasteiger partial charge on any atom is -0.446 e. The number of nitrogens with one attached hydrogen (secondary N) is 1. The van der Waals surface area contributed by atoms with Gasteiger partial charge in [0.05, 0.1) is 21.7 Å². The number of halogens is 1. The molecule has 0 aliphatic carbocycles. The van der Waals surface area contributed by atoms with Crippen LogP contribution in [0.4, 0.5) is 5.69 Å². The van der Waals surface area contributed by atoms with Crippen molar-refractivity contribution in [2.45, 2.75) is 0 Å². The van der Waals surface area contributed by atoms with E-state index < -0.39 is 4.92 Å². The largest absolute Gasteiger partial charge is 0.446 e. The number of amidine groups is 1. The maximum Gasteiger partial charge on any atom is 0.313 e. The second kappa shape index (κ2) is 5.54. The third-order valence-corrected chi connectivity index (χ3v) is 2.73. The molecule has 2 rings (SSSR count). The average molecular weight is 293 g/mol. The minimum atomic E-state index is -0.606. The SMILES string of the molecule is N=C(N)c1ccncc1Oc1c(Cl)cccc1[N+](=O)[O-]. The van der Waals surface area contributed by atoms with Crippen LogP contribution in [0.5, 0.6) is 11.5 Å². The zero-order valence-electron chi connectivity index (χ0n) is 10.0. The Labute approximate surface area is 118 Å². The van der Waals surface area contributed by atoms with E-state index in [1.165, 1.54) is 36.7 Å². The van der Waals surface area contributed by atoms with Crippen LogP contribution in [0.3, 0.4) is 0 Å². The molecule has 0 spiro atoms. The highest BCUT2D eigenvalue weighted by atomic mass is 35.5. The number of aromatic nitrogens is 1. The third-order valence-electron chi connectivity index (χ3n) is 2.43. The number of nitrogen functional groups attached to an aromatic ring is 1. The van der Waals surface area contributed by atoms with E-state index in [0.29, 0.717) is 0 Å². The number of nitrogens with two attached hydrogens (primary N) is 1. The van der Waals surface area contributed by atoms with Crippen LogP contribution in [0.15, 0.2) is 36.7 Å². The van der Waals surface area contributed by atoms with Crippen LogP contribution in [0, 0.1) is 15.5 Å². The van der Waals surface area contributed by atoms with Crippen molar-refractivity contribution in [1.29, 1.82) is 5.41 Å². The molecule has 0 atom stereocenters. The van der Waals surface area contributed by atoms with Crippen LogP contribution >= 0.6 is 11.6 Å². The van der Waals surface area contributed by atoms with Crippen LogP contribution in [0.25, 0.3) is 0 Å². The van der Waals surface area contributed by atoms with Crippen molar-refractivity contribution in [3.63, 3.8) is 0 Å². The molecule has 0 bridgehead atoms. The van der Waals surface area contributed by atoms with E-state index >= 15 is 0 Å². The number of para-hydroxylation sites is 1. The Morgan fingerprint density at radius 2 is 2.20 bits per heavy atom. The predicted octanol–water partition coefficient (Wildman–Crippen LogP) is 2.72. The highest BCUT2D eigenvalue weighted by Gasteiger charge is 2.20. The highest BCUT2D eigenvalue weighted by molar-refractivity contribution is 6.32. The maximum atomic E-state index is 11.0. The molecule has 102 valence electrons. The summed E-state index contributed by atoms with van der Waals surface area (Å²) < 4.78 is 5.44. The molecule has 0 radical (unpaired) electrons. The Hall–Kier alpha value is -2.67. The third kappa shape index (κ3) is 2.67. The van der Waals surface area contributed by atoms with Gasteiger partial charge in [0.15, 0.2) is 5.75 Å². The van der Waals surface area contributed by atoms with Crippen molar-refractivity contribution in [3.8, 4) is 11.5 Å². The van der Waals surface area contributed by atoms with E-state index in [0.717, 1.165) is 0 Å². The van der Waals surface area contributed by atoms with Gasteiger partial charge < -0.3 is 10.5 Å². The fraction of sp³-hybridized carbons (Fsp3) is 0. The Morgan fingerprint density at radius 1 is 1.45 bits per heavy atom. The van der Waals surface area contributed by atoms with Crippen molar-refractivity contribution in [1.82, 2.24) is 4.98 Å². The monoisotopic (exact) mass is 292 g/mol. The predicted molar refractivity (Wildman–Crippen MR) is 73.4 cm³/mol. The number of hydrogen-bond donors (Lipinski definition) is 2. The van der Waals surface area contributed by atoms with Gasteiger partial charge in [0.25, 0.3) is 0 Å². The Kier molecular flexibility index (Phi) is 3.81. The molecule has 3 N–H and O–H groups in total. The van der Waals surface area contributed by atoms with Crippen molar-refractivity contribution >= 4 is 23.1 Å². The van der Waals surface area contributed by atoms with Gasteiger partial charge in [-0.3, -0.25) is 20.5 Å². The Bertz CT molecular complexity index is 690. The summed E-state index contributed by atoms with van der Waals surface area (Å²) in [6.07, 6.45) is 2.74. The van der Waals surface area contributed by atoms with Crippen LogP contribution in [0.1, 0.15) is 5.56 Å². The van der Waals surface area contributed by atoms with Crippen molar-refractivity contribution in [2.24, 2.45) is 5.73 Å². The zero-order chi connectivity index (χ0) is 14.7. The summed E-state index contributed by atoms with van der Waals surface area (Å²) in [7, 11) is 0. The lowest BCUT2D eigenvalue weighted by atomic mass is 10.2. The van der Waals surface area contributed by atoms with Gasteiger partial charge in [-0.15, -0.1) is 0 Å². The molecule has 0 aliphatic heterocycles. The number of hydrogen-bond acceptors (Lipinski definition) is 5. The summed E-state index contributed by atoms with van der Waals surface area (Å²) in [6.45, 7) is 0. The summed E-state index contributed by atoms with van der Waals surface area (Å²) >= 11 is 5.92. The summed E-state index contributed by atoms with van der Waals surface area (Å²) in [4.78, 5) is 14.2. The number of nitrogens with zero attached hydrogens (tertiary/aromatic N) is 2. The summed E-state index contributed by atoms with van der Waals surface area (Å²) in [5.41, 5.74) is 5.40. The van der Waals surface area contributed by atoms with Crippen LogP contribution in [-0.4, -0.2) is 15.7 Å². The summed E-state index contributed by atoms with van der Waals surface area (Å²) in [5, 5.41) is 18.5. The first-order valence-electron chi connectivity index (χ1n) is 5.40. The van der Waals surface area contributed by atoms with Gasteiger partial charge in [0.2, 0.25) is 5.75 Å². The molecule has 2 aromatic rings. The Morgan fingerprint density at radius 3 is 2.85 bits per heavy atom. The number of nitro groups is 1. The quantitative estimate of drug-likeness (QED) is 0.389. The first-order chi connectivity index (χ1) is 9.50. The van der Waals surface area contributed by atoms with E-state index in [1.807, 2.05) is 0 Å². The molecule has 7 nitrogen and oxygen atoms in total. The lowest BCUT2D eigenvalue weighted by Gasteiger charge is -2.10. The first kappa shape index (κ1) is 13.8. The van der Waals surface area contributed by atoms with Crippen molar-refractivity contribution in [2.75, 3.05) is 0 Å². The summed E-state index contributed by atoms with van der Waals surface area (Å²) in [6, 6.07) is 5.65. The molecule has 0 fully saturated rings. The molecule has 20 heavy (non-hydrogen) atoms. The van der Waals surface area contributed by atoms with Gasteiger partial charge in [0, 0.05) is 12.3 Å². The van der Waals surface area contributed by atoms with Gasteiger partial charge in [-0.05, 0) is 12.1 Å². The fourth-order valence-electron chi connectivity index (χ4n) is 1.54. The standard InChI is InChI=1S/C12H9ClN4O3/c13-8-2-1-3-9(17(18)19)11(8)20-10-6-16-5-4-7(10)12(14)15/h1-6H,(H3,14,15). The molecule has 1 heterocycles. The Balaban J connectivity index is 2.51. The van der Waals surface area contributed by atoms with Crippen molar-refractivity contribution < 1.29 is 9.66 Å². The van der Waals surface area contributed by atoms with E-state index in [1.54, 1.807) is 0 Å². The molecule has 0 saturated heterocycles. The van der Waals surface area contributed by atoms with E-state index in [-0.39, 0.29) is 33.6 Å². The molecule has 1 aromatic heterocycles. The second-order valence-corrected chi connectivity index (χ2v) is 4.14. The van der Waals surface area contributed by atoms with Crippen LogP contribution < -0.4 is 10.5 Å². The second-order valence-electron chi connectivity index (χ2n) is 3.73. The van der Waals surface area contributed by atoms with E-state index in [2.05, 4.69) is 4.98 Å². The lowest BCUT2D eigenvalue weighted by Crippen LogP contribution is -2.12. The van der Waals surface area contributed by atoms with Gasteiger partial charge in [0.1, 0.15) is 5.84 Å². The number of benzene rings is 1. The number of pyridine rings is 1. The fourth-order valence-corrected chi connectivity index (χ4v) is 1.74. The van der Waals surface area contributed by atoms with Gasteiger partial charge in [-0.1, -0.05) is 17.7 Å². The van der Waals surface area contributed by atoms with Gasteiger partial charge >= 0.3 is 5.69 Å². The lowest BCUT2D eigenvalue weighted by molar-refractivity contribution is -0.385. The molecule has 0 unspecified atom stereocenters. The van der Waals surface area contributed by atoms with Crippen LogP contribution in [-0.2, 0) is 0 Å². The maximum absolute atomic E-state index is 11.0. The first-order valence-corrected chi connectivity index (χ1v) is 5.77. The summed E-state index contributed by atoms with van der Waals surface area (Å²) in [5.74, 6) is -0.233. The molecule has 8 heteroatoms. The van der Waals surface area contributed by atoms with Crippen LogP contribution in [0.2, 0.25) is 5.02 Å². The highest BCUT2D eigenvalue weighted by Crippen LogP contribution is 2.38. The van der Waals surface area contributed by atoms with Gasteiger partial charge in [-0.2, -0.15) is 0 Å². The molecule has 1 aromatic carbocycles. The smallest absolute Gasteiger partial charge is 0.313 e. The molecule has 0 aliphatic rings. The molecule has 0 amide bonds. The molecule has 0 saturated carbocycles. The zero-order valence-corrected chi connectivity index (χ0v) is 10.8. The van der Waals surface area contributed by atoms with Gasteiger partial charge in [-0.25, -0.2) is 0 Å². The average Bonchev–Trinajstić information content (AvgIpc) is 2.41.